The zero-order chi connectivity index (χ0) is 22.9. The number of carbonyl (C=O) groups is 1. The van der Waals surface area contributed by atoms with Crippen LogP contribution in [0.25, 0.3) is 17.5 Å². The highest BCUT2D eigenvalue weighted by atomic mass is 16.5. The molecular weight excluding hydrogens is 406 g/mol. The fourth-order valence-corrected chi connectivity index (χ4v) is 3.24. The van der Waals surface area contributed by atoms with Gasteiger partial charge in [-0.05, 0) is 61.7 Å². The third kappa shape index (κ3) is 5.88. The van der Waals surface area contributed by atoms with Crippen molar-refractivity contribution in [2.45, 2.75) is 26.7 Å². The molecule has 0 radical (unpaired) electrons. The predicted octanol–water partition coefficient (Wildman–Crippen LogP) is 5.46. The van der Waals surface area contributed by atoms with Crippen molar-refractivity contribution in [3.63, 3.8) is 0 Å². The molecule has 0 aliphatic carbocycles. The maximum atomic E-state index is 11.3. The van der Waals surface area contributed by atoms with Gasteiger partial charge in [-0.2, -0.15) is 0 Å². The lowest BCUT2D eigenvalue weighted by atomic mass is 10.1. The van der Waals surface area contributed by atoms with Crippen LogP contribution >= 0.6 is 0 Å². The summed E-state index contributed by atoms with van der Waals surface area (Å²) >= 11 is 0. The van der Waals surface area contributed by atoms with Gasteiger partial charge in [-0.3, -0.25) is 0 Å². The summed E-state index contributed by atoms with van der Waals surface area (Å²) in [6.07, 6.45) is 4.48. The number of aliphatic carboxylic acids is 1. The molecule has 6 heteroatoms. The number of aromatic nitrogens is 1. The largest absolute Gasteiger partial charge is 0.493 e. The van der Waals surface area contributed by atoms with E-state index in [1.807, 2.05) is 49.4 Å². The minimum absolute atomic E-state index is 0.0959. The highest BCUT2D eigenvalue weighted by Gasteiger charge is 2.13. The zero-order valence-electron chi connectivity index (χ0n) is 18.3. The number of carboxylic acid groups (broad SMARTS) is 1. The molecule has 0 atom stereocenters. The fraction of sp³-hybridized carbons (Fsp3) is 0.231. The van der Waals surface area contributed by atoms with Crippen LogP contribution in [-0.2, 0) is 22.4 Å². The number of hydrogen-bond donors (Lipinski definition) is 1. The average Bonchev–Trinajstić information content (AvgIpc) is 3.16. The Kier molecular flexibility index (Phi) is 7.86. The summed E-state index contributed by atoms with van der Waals surface area (Å²) in [5, 5.41) is 9.27. The summed E-state index contributed by atoms with van der Waals surface area (Å²) in [4.78, 5) is 15.9. The van der Waals surface area contributed by atoms with Gasteiger partial charge in [0.2, 0.25) is 11.6 Å². The summed E-state index contributed by atoms with van der Waals surface area (Å²) in [5.41, 5.74) is 3.43. The van der Waals surface area contributed by atoms with Gasteiger partial charge < -0.3 is 19.0 Å². The van der Waals surface area contributed by atoms with E-state index in [-0.39, 0.29) is 12.4 Å². The second-order valence-corrected chi connectivity index (χ2v) is 7.09. The van der Waals surface area contributed by atoms with Gasteiger partial charge in [0.15, 0.2) is 0 Å². The molecule has 0 saturated heterocycles. The second kappa shape index (κ2) is 11.0. The minimum atomic E-state index is -1.10. The molecule has 0 fully saturated rings. The molecule has 0 spiro atoms. The number of oxazole rings is 1. The van der Waals surface area contributed by atoms with Gasteiger partial charge >= 0.3 is 5.97 Å². The van der Waals surface area contributed by atoms with Gasteiger partial charge in [0.1, 0.15) is 11.5 Å². The minimum Gasteiger partial charge on any atom is -0.493 e. The Morgan fingerprint density at radius 3 is 2.69 bits per heavy atom. The topological polar surface area (TPSA) is 81.8 Å². The summed E-state index contributed by atoms with van der Waals surface area (Å²) in [6.45, 7) is 8.17. The van der Waals surface area contributed by atoms with Crippen molar-refractivity contribution in [3.8, 4) is 17.2 Å². The van der Waals surface area contributed by atoms with Crippen molar-refractivity contribution < 1.29 is 23.8 Å². The number of benzene rings is 2. The standard InChI is InChI=1S/C26H27NO5/c1-4-9-21-16-19(17-24(26(28)29)30-5-2)12-13-23(21)31-15-14-22-18(3)32-25(27-22)20-10-7-6-8-11-20/h4,6-8,10-13,16-17H,1,5,9,14-15H2,2-3H3,(H,28,29)/b24-17-. The molecule has 0 aliphatic rings. The third-order valence-corrected chi connectivity index (χ3v) is 4.77. The molecule has 6 nitrogen and oxygen atoms in total. The highest BCUT2D eigenvalue weighted by molar-refractivity contribution is 5.89. The molecule has 1 aromatic heterocycles. The quantitative estimate of drug-likeness (QED) is 0.246. The van der Waals surface area contributed by atoms with Crippen molar-refractivity contribution in [2.75, 3.05) is 13.2 Å². The van der Waals surface area contributed by atoms with Gasteiger partial charge in [0.25, 0.3) is 0 Å². The van der Waals surface area contributed by atoms with E-state index >= 15 is 0 Å². The number of ether oxygens (including phenoxy) is 2. The zero-order valence-corrected chi connectivity index (χ0v) is 18.3. The highest BCUT2D eigenvalue weighted by Crippen LogP contribution is 2.25. The van der Waals surface area contributed by atoms with Crippen LogP contribution in [-0.4, -0.2) is 29.3 Å². The van der Waals surface area contributed by atoms with Crippen molar-refractivity contribution in [1.29, 1.82) is 0 Å². The predicted molar refractivity (Wildman–Crippen MR) is 123 cm³/mol. The van der Waals surface area contributed by atoms with E-state index < -0.39 is 5.97 Å². The summed E-state index contributed by atoms with van der Waals surface area (Å²) < 4.78 is 17.0. The van der Waals surface area contributed by atoms with E-state index in [4.69, 9.17) is 13.9 Å². The van der Waals surface area contributed by atoms with E-state index in [1.54, 1.807) is 19.1 Å². The monoisotopic (exact) mass is 433 g/mol. The summed E-state index contributed by atoms with van der Waals surface area (Å²) in [6, 6.07) is 15.3. The van der Waals surface area contributed by atoms with Crippen LogP contribution in [0, 0.1) is 6.92 Å². The normalized spacial score (nSPS) is 11.2. The number of allylic oxidation sites excluding steroid dienone is 1. The van der Waals surface area contributed by atoms with Crippen molar-refractivity contribution in [2.24, 2.45) is 0 Å². The summed E-state index contributed by atoms with van der Waals surface area (Å²) in [5.74, 6) is 0.901. The second-order valence-electron chi connectivity index (χ2n) is 7.09. The summed E-state index contributed by atoms with van der Waals surface area (Å²) in [7, 11) is 0. The maximum absolute atomic E-state index is 11.3. The molecule has 166 valence electrons. The number of aryl methyl sites for hydroxylation is 1. The Bertz CT molecular complexity index is 1100. The smallest absolute Gasteiger partial charge is 0.371 e. The lowest BCUT2D eigenvalue weighted by Gasteiger charge is -2.12. The molecule has 1 heterocycles. The molecule has 0 bridgehead atoms. The van der Waals surface area contributed by atoms with E-state index in [1.165, 1.54) is 6.08 Å². The van der Waals surface area contributed by atoms with Crippen LogP contribution in [0.5, 0.6) is 5.75 Å². The van der Waals surface area contributed by atoms with Crippen LogP contribution < -0.4 is 4.74 Å². The molecule has 3 aromatic rings. The molecule has 3 rings (SSSR count). The van der Waals surface area contributed by atoms with Crippen LogP contribution in [0.3, 0.4) is 0 Å². The van der Waals surface area contributed by atoms with Crippen molar-refractivity contribution in [1.82, 2.24) is 4.98 Å². The molecule has 0 saturated carbocycles. The average molecular weight is 434 g/mol. The Balaban J connectivity index is 1.71. The first-order valence-electron chi connectivity index (χ1n) is 10.5. The molecule has 1 N–H and O–H groups in total. The van der Waals surface area contributed by atoms with E-state index in [0.717, 1.165) is 33.9 Å². The Morgan fingerprint density at radius 1 is 1.22 bits per heavy atom. The molecule has 0 amide bonds. The van der Waals surface area contributed by atoms with Crippen LogP contribution in [0.1, 0.15) is 29.5 Å². The van der Waals surface area contributed by atoms with E-state index in [9.17, 15) is 9.90 Å². The maximum Gasteiger partial charge on any atom is 0.371 e. The first-order valence-corrected chi connectivity index (χ1v) is 10.5. The van der Waals surface area contributed by atoms with Crippen LogP contribution in [0.4, 0.5) is 0 Å². The molecule has 0 aliphatic heterocycles. The van der Waals surface area contributed by atoms with Gasteiger partial charge in [-0.1, -0.05) is 30.3 Å². The Hall–Kier alpha value is -3.80. The van der Waals surface area contributed by atoms with Crippen LogP contribution in [0.15, 0.2) is 71.4 Å². The lowest BCUT2D eigenvalue weighted by Crippen LogP contribution is -2.06. The number of rotatable bonds is 11. The Labute approximate surface area is 187 Å². The number of carboxylic acids is 1. The first-order chi connectivity index (χ1) is 15.5. The van der Waals surface area contributed by atoms with Gasteiger partial charge in [0.05, 0.1) is 18.9 Å². The van der Waals surface area contributed by atoms with Gasteiger partial charge in [-0.15, -0.1) is 6.58 Å². The Morgan fingerprint density at radius 2 is 2.00 bits per heavy atom. The van der Waals surface area contributed by atoms with E-state index in [0.29, 0.717) is 25.3 Å². The SMILES string of the molecule is C=CCc1cc(/C=C(\OCC)C(=O)O)ccc1OCCc1nc(-c2ccccc2)oc1C. The lowest BCUT2D eigenvalue weighted by molar-refractivity contribution is -0.136. The van der Waals surface area contributed by atoms with Gasteiger partial charge in [-0.25, -0.2) is 9.78 Å². The van der Waals surface area contributed by atoms with Crippen LogP contribution in [0.2, 0.25) is 0 Å². The van der Waals surface area contributed by atoms with Gasteiger partial charge in [0, 0.05) is 12.0 Å². The first kappa shape index (κ1) is 22.9. The third-order valence-electron chi connectivity index (χ3n) is 4.77. The van der Waals surface area contributed by atoms with Crippen molar-refractivity contribution >= 4 is 12.0 Å². The van der Waals surface area contributed by atoms with Crippen molar-refractivity contribution in [3.05, 3.63) is 89.5 Å². The van der Waals surface area contributed by atoms with E-state index in [2.05, 4.69) is 11.6 Å². The fourth-order valence-electron chi connectivity index (χ4n) is 3.24. The molecular formula is C26H27NO5. The molecule has 2 aromatic carbocycles. The number of nitrogens with zero attached hydrogens (tertiary/aromatic N) is 1. The molecule has 32 heavy (non-hydrogen) atoms. The molecule has 0 unspecified atom stereocenters. The number of hydrogen-bond acceptors (Lipinski definition) is 5.